The third-order valence-corrected chi connectivity index (χ3v) is 4.71. The van der Waals surface area contributed by atoms with Gasteiger partial charge < -0.3 is 14.5 Å². The van der Waals surface area contributed by atoms with Gasteiger partial charge in [-0.05, 0) is 44.0 Å². The van der Waals surface area contributed by atoms with E-state index in [-0.39, 0.29) is 5.43 Å². The summed E-state index contributed by atoms with van der Waals surface area (Å²) in [6.07, 6.45) is 2.14. The van der Waals surface area contributed by atoms with E-state index in [1.165, 1.54) is 0 Å². The summed E-state index contributed by atoms with van der Waals surface area (Å²) in [4.78, 5) is 13.0. The van der Waals surface area contributed by atoms with E-state index in [0.717, 1.165) is 31.5 Å². The van der Waals surface area contributed by atoms with Crippen LogP contribution in [0.5, 0.6) is 5.75 Å². The Bertz CT molecular complexity index is 911. The fraction of sp³-hybridized carbons (Fsp3) is 0.286. The first-order chi connectivity index (χ1) is 12.3. The molecule has 1 saturated heterocycles. The molecule has 25 heavy (non-hydrogen) atoms. The number of benzene rings is 2. The van der Waals surface area contributed by atoms with E-state index in [1.807, 2.05) is 48.5 Å². The van der Waals surface area contributed by atoms with Crippen LogP contribution in [0.3, 0.4) is 0 Å². The summed E-state index contributed by atoms with van der Waals surface area (Å²) in [5.41, 5.74) is 1.33. The van der Waals surface area contributed by atoms with Crippen molar-refractivity contribution in [3.8, 4) is 17.1 Å². The maximum Gasteiger partial charge on any atom is 0.235 e. The van der Waals surface area contributed by atoms with Gasteiger partial charge >= 0.3 is 0 Å². The Balaban J connectivity index is 1.76. The fourth-order valence-corrected chi connectivity index (χ4v) is 3.29. The molecule has 4 nitrogen and oxygen atoms in total. The van der Waals surface area contributed by atoms with Crippen molar-refractivity contribution in [2.75, 3.05) is 19.7 Å². The van der Waals surface area contributed by atoms with E-state index in [1.54, 1.807) is 6.07 Å². The van der Waals surface area contributed by atoms with Gasteiger partial charge in [0.05, 0.1) is 12.0 Å². The molecule has 0 aliphatic carbocycles. The molecular formula is C21H21NO3. The van der Waals surface area contributed by atoms with Gasteiger partial charge in [-0.3, -0.25) is 4.79 Å². The molecule has 1 aromatic heterocycles. The Morgan fingerprint density at radius 2 is 1.72 bits per heavy atom. The smallest absolute Gasteiger partial charge is 0.235 e. The van der Waals surface area contributed by atoms with Gasteiger partial charge in [0, 0.05) is 5.56 Å². The lowest BCUT2D eigenvalue weighted by molar-refractivity contribution is 0.212. The molecule has 2 aromatic carbocycles. The van der Waals surface area contributed by atoms with Crippen molar-refractivity contribution in [1.29, 1.82) is 0 Å². The molecule has 0 bridgehead atoms. The maximum atomic E-state index is 13.0. The zero-order chi connectivity index (χ0) is 17.1. The van der Waals surface area contributed by atoms with Gasteiger partial charge in [0.2, 0.25) is 11.2 Å². The van der Waals surface area contributed by atoms with E-state index < -0.39 is 0 Å². The van der Waals surface area contributed by atoms with Crippen molar-refractivity contribution >= 4 is 11.0 Å². The molecule has 1 N–H and O–H groups in total. The van der Waals surface area contributed by atoms with E-state index in [4.69, 9.17) is 9.15 Å². The maximum absolute atomic E-state index is 13.0. The Labute approximate surface area is 146 Å². The number of hydrogen-bond acceptors (Lipinski definition) is 4. The van der Waals surface area contributed by atoms with Crippen LogP contribution < -0.4 is 15.5 Å². The highest BCUT2D eigenvalue weighted by molar-refractivity contribution is 5.81. The fourth-order valence-electron chi connectivity index (χ4n) is 3.29. The summed E-state index contributed by atoms with van der Waals surface area (Å²) in [5, 5.41) is 3.91. The third kappa shape index (κ3) is 3.30. The molecule has 0 amide bonds. The number of nitrogens with one attached hydrogen (secondary N) is 1. The van der Waals surface area contributed by atoms with Crippen LogP contribution in [0, 0.1) is 5.92 Å². The van der Waals surface area contributed by atoms with Crippen LogP contribution in [0.1, 0.15) is 12.8 Å². The number of ether oxygens (including phenoxy) is 1. The summed E-state index contributed by atoms with van der Waals surface area (Å²) < 4.78 is 12.1. The molecule has 3 aromatic rings. The molecule has 0 unspecified atom stereocenters. The predicted molar refractivity (Wildman–Crippen MR) is 99.0 cm³/mol. The minimum absolute atomic E-state index is 0.102. The lowest BCUT2D eigenvalue weighted by Crippen LogP contribution is -2.31. The molecule has 0 atom stereocenters. The Morgan fingerprint density at radius 1 is 1.00 bits per heavy atom. The first-order valence-corrected chi connectivity index (χ1v) is 8.78. The highest BCUT2D eigenvalue weighted by atomic mass is 16.5. The van der Waals surface area contributed by atoms with Crippen LogP contribution in [0.2, 0.25) is 0 Å². The number of hydrogen-bond donors (Lipinski definition) is 1. The van der Waals surface area contributed by atoms with Gasteiger partial charge in [0.1, 0.15) is 5.58 Å². The molecule has 0 spiro atoms. The van der Waals surface area contributed by atoms with Gasteiger partial charge in [0.15, 0.2) is 5.76 Å². The molecule has 1 aliphatic rings. The second-order valence-corrected chi connectivity index (χ2v) is 6.46. The molecule has 2 heterocycles. The molecule has 4 rings (SSSR count). The molecule has 128 valence electrons. The summed E-state index contributed by atoms with van der Waals surface area (Å²) in [5.74, 6) is 1.30. The Hall–Kier alpha value is -2.59. The Morgan fingerprint density at radius 3 is 2.52 bits per heavy atom. The average Bonchev–Trinajstić information content (AvgIpc) is 2.69. The highest BCUT2D eigenvalue weighted by Crippen LogP contribution is 2.31. The molecule has 4 heteroatoms. The normalized spacial score (nSPS) is 15.4. The van der Waals surface area contributed by atoms with Crippen LogP contribution in [0.15, 0.2) is 63.8 Å². The van der Waals surface area contributed by atoms with Crippen LogP contribution in [-0.2, 0) is 0 Å². The predicted octanol–water partition coefficient (Wildman–Crippen LogP) is 3.84. The minimum Gasteiger partial charge on any atom is -0.486 e. The average molecular weight is 335 g/mol. The number of rotatable bonds is 4. The van der Waals surface area contributed by atoms with Crippen molar-refractivity contribution in [1.82, 2.24) is 5.32 Å². The van der Waals surface area contributed by atoms with E-state index >= 15 is 0 Å². The van der Waals surface area contributed by atoms with Crippen molar-refractivity contribution in [3.05, 3.63) is 64.8 Å². The molecular weight excluding hydrogens is 314 g/mol. The number of piperidine rings is 1. The van der Waals surface area contributed by atoms with Gasteiger partial charge in [-0.15, -0.1) is 0 Å². The van der Waals surface area contributed by atoms with Crippen LogP contribution in [-0.4, -0.2) is 19.7 Å². The van der Waals surface area contributed by atoms with E-state index in [2.05, 4.69) is 5.32 Å². The summed E-state index contributed by atoms with van der Waals surface area (Å²) in [6, 6.07) is 17.0. The van der Waals surface area contributed by atoms with Gasteiger partial charge in [-0.25, -0.2) is 0 Å². The van der Waals surface area contributed by atoms with Crippen molar-refractivity contribution in [2.24, 2.45) is 5.92 Å². The highest BCUT2D eigenvalue weighted by Gasteiger charge is 2.20. The van der Waals surface area contributed by atoms with Crippen LogP contribution in [0.25, 0.3) is 22.3 Å². The van der Waals surface area contributed by atoms with Crippen LogP contribution >= 0.6 is 0 Å². The molecule has 0 saturated carbocycles. The summed E-state index contributed by atoms with van der Waals surface area (Å²) in [6.45, 7) is 2.56. The topological polar surface area (TPSA) is 51.5 Å². The zero-order valence-corrected chi connectivity index (χ0v) is 14.0. The molecule has 1 aliphatic heterocycles. The largest absolute Gasteiger partial charge is 0.486 e. The van der Waals surface area contributed by atoms with Gasteiger partial charge in [-0.1, -0.05) is 42.5 Å². The van der Waals surface area contributed by atoms with E-state index in [0.29, 0.717) is 35.0 Å². The third-order valence-electron chi connectivity index (χ3n) is 4.71. The minimum atomic E-state index is -0.102. The lowest BCUT2D eigenvalue weighted by Gasteiger charge is -2.23. The van der Waals surface area contributed by atoms with Crippen molar-refractivity contribution in [3.63, 3.8) is 0 Å². The quantitative estimate of drug-likeness (QED) is 0.787. The summed E-state index contributed by atoms with van der Waals surface area (Å²) in [7, 11) is 0. The van der Waals surface area contributed by atoms with Gasteiger partial charge in [-0.2, -0.15) is 0 Å². The monoisotopic (exact) mass is 335 g/mol. The molecule has 1 fully saturated rings. The second-order valence-electron chi connectivity index (χ2n) is 6.46. The Kier molecular flexibility index (Phi) is 4.53. The second kappa shape index (κ2) is 7.11. The standard InChI is InChI=1S/C21H21NO3/c23-19-17-8-4-5-9-18(17)25-20(16-6-2-1-3-7-16)21(19)24-14-15-10-12-22-13-11-15/h1-9,15,22H,10-14H2. The molecule has 0 radical (unpaired) electrons. The number of para-hydroxylation sites is 1. The van der Waals surface area contributed by atoms with Crippen LogP contribution in [0.4, 0.5) is 0 Å². The first-order valence-electron chi connectivity index (χ1n) is 8.78. The van der Waals surface area contributed by atoms with Crippen molar-refractivity contribution in [2.45, 2.75) is 12.8 Å². The zero-order valence-electron chi connectivity index (χ0n) is 14.0. The van der Waals surface area contributed by atoms with E-state index in [9.17, 15) is 4.79 Å². The SMILES string of the molecule is O=c1c(OCC2CCNCC2)c(-c2ccccc2)oc2ccccc12. The first kappa shape index (κ1) is 15.9. The van der Waals surface area contributed by atoms with Crippen molar-refractivity contribution < 1.29 is 9.15 Å². The van der Waals surface area contributed by atoms with Gasteiger partial charge in [0.25, 0.3) is 0 Å². The summed E-state index contributed by atoms with van der Waals surface area (Å²) >= 11 is 0. The lowest BCUT2D eigenvalue weighted by atomic mass is 9.99. The number of fused-ring (bicyclic) bond motifs is 1.